The minimum Gasteiger partial charge on any atom is -0.472 e. The van der Waals surface area contributed by atoms with E-state index in [0.29, 0.717) is 0 Å². The van der Waals surface area contributed by atoms with Crippen LogP contribution in [0.15, 0.2) is 18.2 Å². The molecule has 1 rings (SSSR count). The van der Waals surface area contributed by atoms with Gasteiger partial charge in [0, 0.05) is 6.07 Å². The molecule has 0 aromatic heterocycles. The Morgan fingerprint density at radius 1 is 1.47 bits per heavy atom. The summed E-state index contributed by atoms with van der Waals surface area (Å²) in [7, 11) is 1.23. The number of nitro benzene ring substituents is 1. The SMILES string of the molecule is COC(=O)[C@H](C)Oc1cc(C)ccc1[N+](=O)[O-]. The minimum absolute atomic E-state index is 0.0629. The number of hydrogen-bond acceptors (Lipinski definition) is 5. The van der Waals surface area contributed by atoms with Gasteiger partial charge in [0.05, 0.1) is 12.0 Å². The summed E-state index contributed by atoms with van der Waals surface area (Å²) in [5.74, 6) is -0.520. The zero-order chi connectivity index (χ0) is 13.0. The monoisotopic (exact) mass is 239 g/mol. The van der Waals surface area contributed by atoms with Crippen molar-refractivity contribution in [2.75, 3.05) is 7.11 Å². The molecule has 0 fully saturated rings. The number of methoxy groups -OCH3 is 1. The molecular formula is C11H13NO5. The van der Waals surface area contributed by atoms with Crippen LogP contribution in [0.4, 0.5) is 5.69 Å². The Labute approximate surface area is 98.3 Å². The molecule has 0 radical (unpaired) electrons. The number of carbonyl (C=O) groups excluding carboxylic acids is 1. The summed E-state index contributed by atoms with van der Waals surface area (Å²) >= 11 is 0. The Bertz CT molecular complexity index is 443. The van der Waals surface area contributed by atoms with Gasteiger partial charge in [0.15, 0.2) is 11.9 Å². The number of carbonyl (C=O) groups is 1. The molecule has 92 valence electrons. The van der Waals surface area contributed by atoms with Crippen molar-refractivity contribution in [2.24, 2.45) is 0 Å². The first-order chi connectivity index (χ1) is 7.95. The first-order valence-electron chi connectivity index (χ1n) is 4.95. The van der Waals surface area contributed by atoms with Crippen LogP contribution in [0.5, 0.6) is 5.75 Å². The van der Waals surface area contributed by atoms with Crippen molar-refractivity contribution in [1.29, 1.82) is 0 Å². The average Bonchev–Trinajstić information content (AvgIpc) is 2.27. The standard InChI is InChI=1S/C11H13NO5/c1-7-4-5-9(12(14)15)10(6-7)17-8(2)11(13)16-3/h4-6,8H,1-3H3/t8-/m0/s1. The van der Waals surface area contributed by atoms with Crippen LogP contribution in [0.3, 0.4) is 0 Å². The summed E-state index contributed by atoms with van der Waals surface area (Å²) in [6.45, 7) is 3.25. The zero-order valence-electron chi connectivity index (χ0n) is 9.80. The molecule has 0 amide bonds. The summed E-state index contributed by atoms with van der Waals surface area (Å²) in [5.41, 5.74) is 0.633. The molecule has 6 nitrogen and oxygen atoms in total. The van der Waals surface area contributed by atoms with Crippen molar-refractivity contribution in [3.8, 4) is 5.75 Å². The Hall–Kier alpha value is -2.11. The smallest absolute Gasteiger partial charge is 0.346 e. The molecule has 0 aliphatic rings. The summed E-state index contributed by atoms with van der Waals surface area (Å²) in [6, 6.07) is 4.46. The quantitative estimate of drug-likeness (QED) is 0.455. The lowest BCUT2D eigenvalue weighted by molar-refractivity contribution is -0.386. The Balaban J connectivity index is 3.00. The van der Waals surface area contributed by atoms with Crippen molar-refractivity contribution >= 4 is 11.7 Å². The number of aryl methyl sites for hydroxylation is 1. The molecular weight excluding hydrogens is 226 g/mol. The van der Waals surface area contributed by atoms with Crippen molar-refractivity contribution in [1.82, 2.24) is 0 Å². The minimum atomic E-state index is -0.888. The number of hydrogen-bond donors (Lipinski definition) is 0. The van der Waals surface area contributed by atoms with Crippen molar-refractivity contribution < 1.29 is 19.2 Å². The highest BCUT2D eigenvalue weighted by Gasteiger charge is 2.21. The van der Waals surface area contributed by atoms with Crippen LogP contribution >= 0.6 is 0 Å². The molecule has 0 saturated carbocycles. The van der Waals surface area contributed by atoms with Gasteiger partial charge < -0.3 is 9.47 Å². The molecule has 0 bridgehead atoms. The lowest BCUT2D eigenvalue weighted by Gasteiger charge is -2.12. The number of rotatable bonds is 4. The van der Waals surface area contributed by atoms with Gasteiger partial charge >= 0.3 is 11.7 Å². The number of ether oxygens (including phenoxy) is 2. The third-order valence-electron chi connectivity index (χ3n) is 2.15. The van der Waals surface area contributed by atoms with Gasteiger partial charge in [-0.1, -0.05) is 6.07 Å². The van der Waals surface area contributed by atoms with Gasteiger partial charge in [-0.2, -0.15) is 0 Å². The Kier molecular flexibility index (Phi) is 4.03. The second kappa shape index (κ2) is 5.29. The fourth-order valence-corrected chi connectivity index (χ4v) is 1.27. The predicted molar refractivity (Wildman–Crippen MR) is 59.9 cm³/mol. The molecule has 0 aliphatic heterocycles. The lowest BCUT2D eigenvalue weighted by atomic mass is 10.2. The Morgan fingerprint density at radius 2 is 2.12 bits per heavy atom. The predicted octanol–water partition coefficient (Wildman–Crippen LogP) is 1.84. The first kappa shape index (κ1) is 13.0. The fraction of sp³-hybridized carbons (Fsp3) is 0.364. The second-order valence-corrected chi connectivity index (χ2v) is 3.51. The van der Waals surface area contributed by atoms with Crippen molar-refractivity contribution in [3.05, 3.63) is 33.9 Å². The highest BCUT2D eigenvalue weighted by Crippen LogP contribution is 2.28. The van der Waals surface area contributed by atoms with Crippen LogP contribution in [0.25, 0.3) is 0 Å². The van der Waals surface area contributed by atoms with E-state index in [1.54, 1.807) is 13.0 Å². The summed E-state index contributed by atoms with van der Waals surface area (Å²) in [5, 5.41) is 10.8. The maximum atomic E-state index is 11.2. The number of benzene rings is 1. The molecule has 1 atom stereocenters. The van der Waals surface area contributed by atoms with Gasteiger partial charge in [-0.05, 0) is 25.5 Å². The normalized spacial score (nSPS) is 11.7. The van der Waals surface area contributed by atoms with Gasteiger partial charge in [0.1, 0.15) is 0 Å². The fourth-order valence-electron chi connectivity index (χ4n) is 1.27. The van der Waals surface area contributed by atoms with Crippen LogP contribution in [0, 0.1) is 17.0 Å². The van der Waals surface area contributed by atoms with E-state index in [1.165, 1.54) is 26.2 Å². The van der Waals surface area contributed by atoms with E-state index in [0.717, 1.165) is 5.56 Å². The van der Waals surface area contributed by atoms with E-state index in [-0.39, 0.29) is 11.4 Å². The molecule has 0 N–H and O–H groups in total. The highest BCUT2D eigenvalue weighted by molar-refractivity contribution is 5.74. The third kappa shape index (κ3) is 3.17. The van der Waals surface area contributed by atoms with E-state index in [1.807, 2.05) is 0 Å². The number of esters is 1. The van der Waals surface area contributed by atoms with Crippen LogP contribution < -0.4 is 4.74 Å². The summed E-state index contributed by atoms with van der Waals surface area (Å²) < 4.78 is 9.71. The van der Waals surface area contributed by atoms with Gasteiger partial charge in [-0.15, -0.1) is 0 Å². The number of nitro groups is 1. The molecule has 0 aliphatic carbocycles. The molecule has 0 spiro atoms. The van der Waals surface area contributed by atoms with Crippen molar-refractivity contribution in [2.45, 2.75) is 20.0 Å². The van der Waals surface area contributed by atoms with E-state index < -0.39 is 17.0 Å². The summed E-state index contributed by atoms with van der Waals surface area (Å²) in [6.07, 6.45) is -0.888. The first-order valence-corrected chi connectivity index (χ1v) is 4.95. The van der Waals surface area contributed by atoms with Crippen LogP contribution in [-0.4, -0.2) is 24.1 Å². The highest BCUT2D eigenvalue weighted by atomic mass is 16.6. The van der Waals surface area contributed by atoms with E-state index in [4.69, 9.17) is 4.74 Å². The topological polar surface area (TPSA) is 78.7 Å². The lowest BCUT2D eigenvalue weighted by Crippen LogP contribution is -2.25. The van der Waals surface area contributed by atoms with Gasteiger partial charge in [-0.25, -0.2) is 4.79 Å². The number of nitrogens with zero attached hydrogens (tertiary/aromatic N) is 1. The Morgan fingerprint density at radius 3 is 2.65 bits per heavy atom. The maximum absolute atomic E-state index is 11.2. The molecule has 17 heavy (non-hydrogen) atoms. The molecule has 1 aromatic carbocycles. The van der Waals surface area contributed by atoms with Gasteiger partial charge in [0.25, 0.3) is 0 Å². The van der Waals surface area contributed by atoms with E-state index in [2.05, 4.69) is 4.74 Å². The van der Waals surface area contributed by atoms with Gasteiger partial charge in [-0.3, -0.25) is 10.1 Å². The zero-order valence-corrected chi connectivity index (χ0v) is 9.80. The van der Waals surface area contributed by atoms with E-state index >= 15 is 0 Å². The molecule has 1 aromatic rings. The van der Waals surface area contributed by atoms with Crippen LogP contribution in [0.2, 0.25) is 0 Å². The molecule has 0 heterocycles. The molecule has 0 unspecified atom stereocenters. The second-order valence-electron chi connectivity index (χ2n) is 3.51. The van der Waals surface area contributed by atoms with Crippen molar-refractivity contribution in [3.63, 3.8) is 0 Å². The van der Waals surface area contributed by atoms with E-state index in [9.17, 15) is 14.9 Å². The molecule has 0 saturated heterocycles. The largest absolute Gasteiger partial charge is 0.472 e. The average molecular weight is 239 g/mol. The van der Waals surface area contributed by atoms with Crippen LogP contribution in [-0.2, 0) is 9.53 Å². The summed E-state index contributed by atoms with van der Waals surface area (Å²) in [4.78, 5) is 21.4. The maximum Gasteiger partial charge on any atom is 0.346 e. The third-order valence-corrected chi connectivity index (χ3v) is 2.15. The van der Waals surface area contributed by atoms with Crippen LogP contribution in [0.1, 0.15) is 12.5 Å². The van der Waals surface area contributed by atoms with Gasteiger partial charge in [0.2, 0.25) is 0 Å². The molecule has 6 heteroatoms.